The lowest BCUT2D eigenvalue weighted by molar-refractivity contribution is -0.384. The van der Waals surface area contributed by atoms with Crippen LogP contribution in [-0.2, 0) is 0 Å². The minimum atomic E-state index is -0.683. The Morgan fingerprint density at radius 3 is 2.71 bits per heavy atom. The summed E-state index contributed by atoms with van der Waals surface area (Å²) in [4.78, 5) is 12.5. The molecule has 0 aliphatic carbocycles. The Hall–Kier alpha value is -1.62. The van der Waals surface area contributed by atoms with E-state index in [2.05, 4.69) is 0 Å². The van der Waals surface area contributed by atoms with Gasteiger partial charge in [-0.2, -0.15) is 0 Å². The van der Waals surface area contributed by atoms with Crippen molar-refractivity contribution in [3.8, 4) is 0 Å². The summed E-state index contributed by atoms with van der Waals surface area (Å²) in [6.45, 7) is 4.58. The molecule has 0 atom stereocenters. The predicted molar refractivity (Wildman–Crippen MR) is 65.3 cm³/mol. The fourth-order valence-corrected chi connectivity index (χ4v) is 2.19. The minimum absolute atomic E-state index is 0.144. The monoisotopic (exact) mass is 236 g/mol. The molecule has 92 valence electrons. The Balaban J connectivity index is 2.29. The molecule has 0 bridgehead atoms. The molecule has 0 aromatic heterocycles. The van der Waals surface area contributed by atoms with Gasteiger partial charge in [-0.25, -0.2) is 0 Å². The van der Waals surface area contributed by atoms with Crippen LogP contribution in [-0.4, -0.2) is 28.7 Å². The van der Waals surface area contributed by atoms with Crippen LogP contribution >= 0.6 is 0 Å². The molecule has 5 nitrogen and oxygen atoms in total. The number of hydrogen-bond donors (Lipinski definition) is 1. The van der Waals surface area contributed by atoms with Crippen LogP contribution < -0.4 is 4.90 Å². The summed E-state index contributed by atoms with van der Waals surface area (Å²) in [5.41, 5.74) is 0.718. The number of aliphatic hydroxyl groups is 1. The number of benzene rings is 1. The van der Waals surface area contributed by atoms with Crippen molar-refractivity contribution in [1.29, 1.82) is 0 Å². The van der Waals surface area contributed by atoms with Crippen molar-refractivity contribution in [2.45, 2.75) is 25.9 Å². The van der Waals surface area contributed by atoms with Crippen LogP contribution in [0.3, 0.4) is 0 Å². The van der Waals surface area contributed by atoms with Crippen molar-refractivity contribution >= 4 is 11.4 Å². The molecule has 1 aromatic carbocycles. The third-order valence-electron chi connectivity index (χ3n) is 3.37. The molecule has 5 heteroatoms. The molecule has 1 aliphatic heterocycles. The maximum atomic E-state index is 11.0. The number of β-amino-alcohol motifs (C(OH)–C–C–N with tert-alkyl or cyclic N) is 1. The SMILES string of the molecule is CCC1(O)CN(c2cccc(C)c2[N+](=O)[O-])C1. The van der Waals surface area contributed by atoms with E-state index in [9.17, 15) is 15.2 Å². The van der Waals surface area contributed by atoms with Gasteiger partial charge in [-0.15, -0.1) is 0 Å². The number of rotatable bonds is 3. The summed E-state index contributed by atoms with van der Waals surface area (Å²) < 4.78 is 0. The standard InChI is InChI=1S/C12H16N2O3/c1-3-12(15)7-13(8-12)10-6-4-5-9(2)11(10)14(16)17/h4-6,15H,3,7-8H2,1-2H3. The molecular formula is C12H16N2O3. The fourth-order valence-electron chi connectivity index (χ4n) is 2.19. The van der Waals surface area contributed by atoms with E-state index >= 15 is 0 Å². The second-order valence-corrected chi connectivity index (χ2v) is 4.63. The molecule has 2 rings (SSSR count). The molecule has 1 aliphatic rings. The second-order valence-electron chi connectivity index (χ2n) is 4.63. The Labute approximate surface area is 99.8 Å². The lowest BCUT2D eigenvalue weighted by Gasteiger charge is -2.47. The van der Waals surface area contributed by atoms with Gasteiger partial charge in [0.1, 0.15) is 5.69 Å². The molecule has 17 heavy (non-hydrogen) atoms. The summed E-state index contributed by atoms with van der Waals surface area (Å²) >= 11 is 0. The van der Waals surface area contributed by atoms with E-state index in [1.54, 1.807) is 25.1 Å². The number of aryl methyl sites for hydroxylation is 1. The van der Waals surface area contributed by atoms with Gasteiger partial charge in [0.15, 0.2) is 0 Å². The zero-order valence-electron chi connectivity index (χ0n) is 10.0. The van der Waals surface area contributed by atoms with Crippen molar-refractivity contribution in [2.24, 2.45) is 0 Å². The molecule has 1 fully saturated rings. The first-order chi connectivity index (χ1) is 7.97. The van der Waals surface area contributed by atoms with Crippen LogP contribution in [0.15, 0.2) is 18.2 Å². The normalized spacial score (nSPS) is 17.7. The van der Waals surface area contributed by atoms with E-state index in [1.807, 2.05) is 11.8 Å². The van der Waals surface area contributed by atoms with Crippen LogP contribution in [0.5, 0.6) is 0 Å². The van der Waals surface area contributed by atoms with Crippen LogP contribution in [0, 0.1) is 17.0 Å². The van der Waals surface area contributed by atoms with E-state index < -0.39 is 5.60 Å². The fraction of sp³-hybridized carbons (Fsp3) is 0.500. The molecule has 0 radical (unpaired) electrons. The van der Waals surface area contributed by atoms with Gasteiger partial charge in [0, 0.05) is 18.7 Å². The molecule has 1 heterocycles. The van der Waals surface area contributed by atoms with Gasteiger partial charge in [0.25, 0.3) is 5.69 Å². The van der Waals surface area contributed by atoms with Gasteiger partial charge in [-0.05, 0) is 19.4 Å². The summed E-state index contributed by atoms with van der Waals surface area (Å²) in [6, 6.07) is 5.27. The van der Waals surface area contributed by atoms with E-state index in [4.69, 9.17) is 0 Å². The van der Waals surface area contributed by atoms with Gasteiger partial charge in [-0.1, -0.05) is 19.1 Å². The Bertz CT molecular complexity index is 453. The topological polar surface area (TPSA) is 66.6 Å². The average Bonchev–Trinajstić information content (AvgIpc) is 2.24. The zero-order chi connectivity index (χ0) is 12.6. The maximum Gasteiger partial charge on any atom is 0.295 e. The van der Waals surface area contributed by atoms with Crippen molar-refractivity contribution < 1.29 is 10.0 Å². The van der Waals surface area contributed by atoms with Gasteiger partial charge in [-0.3, -0.25) is 10.1 Å². The molecular weight excluding hydrogens is 220 g/mol. The van der Waals surface area contributed by atoms with Crippen molar-refractivity contribution in [2.75, 3.05) is 18.0 Å². The van der Waals surface area contributed by atoms with E-state index in [-0.39, 0.29) is 10.6 Å². The lowest BCUT2D eigenvalue weighted by atomic mass is 9.90. The molecule has 1 saturated heterocycles. The third kappa shape index (κ3) is 1.98. The van der Waals surface area contributed by atoms with Crippen molar-refractivity contribution in [3.63, 3.8) is 0 Å². The quantitative estimate of drug-likeness (QED) is 0.642. The number of hydrogen-bond acceptors (Lipinski definition) is 4. The smallest absolute Gasteiger partial charge is 0.295 e. The number of nitro benzene ring substituents is 1. The van der Waals surface area contributed by atoms with Crippen molar-refractivity contribution in [1.82, 2.24) is 0 Å². The summed E-state index contributed by atoms with van der Waals surface area (Å²) in [5, 5.41) is 21.0. The molecule has 0 spiro atoms. The van der Waals surface area contributed by atoms with Gasteiger partial charge in [0.2, 0.25) is 0 Å². The zero-order valence-corrected chi connectivity index (χ0v) is 10.0. The highest BCUT2D eigenvalue weighted by atomic mass is 16.6. The molecule has 0 amide bonds. The highest BCUT2D eigenvalue weighted by Gasteiger charge is 2.41. The van der Waals surface area contributed by atoms with Crippen molar-refractivity contribution in [3.05, 3.63) is 33.9 Å². The summed E-state index contributed by atoms with van der Waals surface area (Å²) in [6.07, 6.45) is 0.670. The van der Waals surface area contributed by atoms with Crippen LogP contribution in [0.1, 0.15) is 18.9 Å². The molecule has 1 aromatic rings. The third-order valence-corrected chi connectivity index (χ3v) is 3.37. The van der Waals surface area contributed by atoms with Gasteiger partial charge < -0.3 is 10.0 Å². The minimum Gasteiger partial charge on any atom is -0.386 e. The molecule has 1 N–H and O–H groups in total. The number of nitro groups is 1. The summed E-state index contributed by atoms with van der Waals surface area (Å²) in [7, 11) is 0. The van der Waals surface area contributed by atoms with Gasteiger partial charge in [0.05, 0.1) is 10.5 Å². The first-order valence-electron chi connectivity index (χ1n) is 5.68. The number of anilines is 1. The Morgan fingerprint density at radius 2 is 2.18 bits per heavy atom. The van der Waals surface area contributed by atoms with Crippen LogP contribution in [0.4, 0.5) is 11.4 Å². The maximum absolute atomic E-state index is 11.0. The largest absolute Gasteiger partial charge is 0.386 e. The van der Waals surface area contributed by atoms with Crippen LogP contribution in [0.2, 0.25) is 0 Å². The lowest BCUT2D eigenvalue weighted by Crippen LogP contribution is -2.61. The van der Waals surface area contributed by atoms with E-state index in [0.717, 1.165) is 0 Å². The highest BCUT2D eigenvalue weighted by Crippen LogP contribution is 2.37. The summed E-state index contributed by atoms with van der Waals surface area (Å²) in [5.74, 6) is 0. The number of para-hydroxylation sites is 1. The highest BCUT2D eigenvalue weighted by molar-refractivity contribution is 5.68. The molecule has 0 unspecified atom stereocenters. The second kappa shape index (κ2) is 4.00. The number of nitrogens with zero attached hydrogens (tertiary/aromatic N) is 2. The van der Waals surface area contributed by atoms with E-state index in [1.165, 1.54) is 0 Å². The average molecular weight is 236 g/mol. The first kappa shape index (κ1) is 11.9. The van der Waals surface area contributed by atoms with Crippen LogP contribution in [0.25, 0.3) is 0 Å². The van der Waals surface area contributed by atoms with Gasteiger partial charge >= 0.3 is 0 Å². The van der Waals surface area contributed by atoms with E-state index in [0.29, 0.717) is 30.8 Å². The molecule has 0 saturated carbocycles. The Morgan fingerprint density at radius 1 is 1.53 bits per heavy atom. The predicted octanol–water partition coefficient (Wildman–Crippen LogP) is 1.86. The Kier molecular flexibility index (Phi) is 2.79. The first-order valence-corrected chi connectivity index (χ1v) is 5.68.